The molecular formula is C61H110O5. The van der Waals surface area contributed by atoms with E-state index in [4.69, 9.17) is 14.2 Å². The first-order chi connectivity index (χ1) is 32.6. The molecule has 0 N–H and O–H groups in total. The Kier molecular flexibility index (Phi) is 54.9. The van der Waals surface area contributed by atoms with Gasteiger partial charge in [0.2, 0.25) is 0 Å². The first kappa shape index (κ1) is 63.6. The Labute approximate surface area is 411 Å². The Balaban J connectivity index is 4.28. The van der Waals surface area contributed by atoms with Crippen LogP contribution in [0.15, 0.2) is 60.8 Å². The van der Waals surface area contributed by atoms with Gasteiger partial charge >= 0.3 is 11.9 Å². The summed E-state index contributed by atoms with van der Waals surface area (Å²) in [5, 5.41) is 0. The van der Waals surface area contributed by atoms with Gasteiger partial charge in [-0.1, -0.05) is 255 Å². The van der Waals surface area contributed by atoms with Crippen molar-refractivity contribution in [3.8, 4) is 0 Å². The maximum atomic E-state index is 12.8. The maximum absolute atomic E-state index is 12.8. The molecule has 5 nitrogen and oxygen atoms in total. The second-order valence-electron chi connectivity index (χ2n) is 19.2. The molecule has 0 fully saturated rings. The van der Waals surface area contributed by atoms with Crippen molar-refractivity contribution in [1.29, 1.82) is 0 Å². The van der Waals surface area contributed by atoms with Gasteiger partial charge in [-0.2, -0.15) is 0 Å². The van der Waals surface area contributed by atoms with Crippen LogP contribution in [0, 0.1) is 0 Å². The predicted octanol–water partition coefficient (Wildman–Crippen LogP) is 19.7. The molecule has 0 rings (SSSR count). The van der Waals surface area contributed by atoms with Crippen molar-refractivity contribution in [1.82, 2.24) is 0 Å². The number of rotatable bonds is 53. The summed E-state index contributed by atoms with van der Waals surface area (Å²) in [6.45, 7) is 7.73. The van der Waals surface area contributed by atoms with Crippen LogP contribution in [-0.4, -0.2) is 37.9 Å². The molecule has 0 aromatic carbocycles. The number of ether oxygens (including phenoxy) is 3. The lowest BCUT2D eigenvalue weighted by Gasteiger charge is -2.18. The highest BCUT2D eigenvalue weighted by atomic mass is 16.6. The fraction of sp³-hybridized carbons (Fsp3) is 0.803. The minimum Gasteiger partial charge on any atom is -0.462 e. The van der Waals surface area contributed by atoms with Crippen LogP contribution in [0.5, 0.6) is 0 Å². The van der Waals surface area contributed by atoms with Crippen LogP contribution >= 0.6 is 0 Å². The molecule has 0 spiro atoms. The van der Waals surface area contributed by atoms with Crippen LogP contribution in [-0.2, 0) is 23.8 Å². The second kappa shape index (κ2) is 56.9. The summed E-state index contributed by atoms with van der Waals surface area (Å²) in [6.07, 6.45) is 72.4. The summed E-state index contributed by atoms with van der Waals surface area (Å²) in [6, 6.07) is 0. The quantitative estimate of drug-likeness (QED) is 0.0346. The Hall–Kier alpha value is -2.40. The summed E-state index contributed by atoms with van der Waals surface area (Å²) in [5.74, 6) is -0.414. The van der Waals surface area contributed by atoms with Crippen LogP contribution in [0.4, 0.5) is 0 Å². The predicted molar refractivity (Wildman–Crippen MR) is 288 cm³/mol. The van der Waals surface area contributed by atoms with Gasteiger partial charge < -0.3 is 14.2 Å². The van der Waals surface area contributed by atoms with E-state index < -0.39 is 6.10 Å². The number of hydrogen-bond donors (Lipinski definition) is 0. The fourth-order valence-electron chi connectivity index (χ4n) is 8.26. The van der Waals surface area contributed by atoms with Gasteiger partial charge in [-0.3, -0.25) is 9.59 Å². The van der Waals surface area contributed by atoms with Crippen LogP contribution in [0.1, 0.15) is 290 Å². The lowest BCUT2D eigenvalue weighted by atomic mass is 10.0. The second-order valence-corrected chi connectivity index (χ2v) is 19.2. The van der Waals surface area contributed by atoms with E-state index in [1.807, 2.05) is 0 Å². The molecular weight excluding hydrogens is 813 g/mol. The van der Waals surface area contributed by atoms with Crippen molar-refractivity contribution in [2.75, 3.05) is 19.8 Å². The minimum atomic E-state index is -0.549. The van der Waals surface area contributed by atoms with Crippen LogP contribution in [0.25, 0.3) is 0 Å². The van der Waals surface area contributed by atoms with Gasteiger partial charge in [0.1, 0.15) is 6.61 Å². The normalized spacial score (nSPS) is 12.6. The topological polar surface area (TPSA) is 61.8 Å². The molecule has 0 aromatic rings. The number of carbonyl (C=O) groups is 2. The van der Waals surface area contributed by atoms with Crippen molar-refractivity contribution < 1.29 is 23.8 Å². The van der Waals surface area contributed by atoms with Gasteiger partial charge in [-0.05, 0) is 83.5 Å². The van der Waals surface area contributed by atoms with Gasteiger partial charge in [0, 0.05) is 19.4 Å². The number of esters is 2. The first-order valence-corrected chi connectivity index (χ1v) is 28.8. The molecule has 0 aliphatic carbocycles. The fourth-order valence-corrected chi connectivity index (χ4v) is 8.26. The summed E-state index contributed by atoms with van der Waals surface area (Å²) >= 11 is 0. The zero-order valence-corrected chi connectivity index (χ0v) is 44.2. The summed E-state index contributed by atoms with van der Waals surface area (Å²) < 4.78 is 17.5. The third-order valence-electron chi connectivity index (χ3n) is 12.5. The van der Waals surface area contributed by atoms with Gasteiger partial charge in [0.15, 0.2) is 6.10 Å². The highest BCUT2D eigenvalue weighted by Gasteiger charge is 2.17. The molecule has 0 aliphatic rings. The third kappa shape index (κ3) is 54.2. The first-order valence-electron chi connectivity index (χ1n) is 28.8. The van der Waals surface area contributed by atoms with E-state index in [9.17, 15) is 9.59 Å². The van der Waals surface area contributed by atoms with Gasteiger partial charge in [-0.25, -0.2) is 0 Å². The molecule has 1 unspecified atom stereocenters. The molecule has 0 aromatic heterocycles. The molecule has 1 atom stereocenters. The van der Waals surface area contributed by atoms with Gasteiger partial charge in [-0.15, -0.1) is 0 Å². The highest BCUT2D eigenvalue weighted by molar-refractivity contribution is 5.70. The molecule has 0 amide bonds. The minimum absolute atomic E-state index is 0.0765. The lowest BCUT2D eigenvalue weighted by Crippen LogP contribution is -2.30. The average molecular weight is 924 g/mol. The number of allylic oxidation sites excluding steroid dienone is 10. The van der Waals surface area contributed by atoms with Crippen molar-refractivity contribution in [2.24, 2.45) is 0 Å². The standard InChI is InChI=1S/C61H110O5/c1-4-7-10-13-16-19-22-25-28-30-31-33-34-36-39-42-45-48-51-54-60(62)65-58-59(57-64-56-53-50-47-44-41-38-27-24-21-18-15-12-9-6-3)66-61(63)55-52-49-46-43-40-37-35-32-29-26-23-20-17-14-11-8-5-2/h8,11,17,20,25-26,28-29,35,37,59H,4-7,9-10,12-16,18-19,21-24,27,30-34,36,38-58H2,1-3H3/b11-8-,20-17-,28-25-,29-26-,37-35-. The Morgan fingerprint density at radius 3 is 1.11 bits per heavy atom. The summed E-state index contributed by atoms with van der Waals surface area (Å²) in [5.41, 5.74) is 0. The molecule has 66 heavy (non-hydrogen) atoms. The van der Waals surface area contributed by atoms with Crippen LogP contribution in [0.3, 0.4) is 0 Å². The molecule has 384 valence electrons. The van der Waals surface area contributed by atoms with E-state index in [2.05, 4.69) is 81.5 Å². The number of hydrogen-bond acceptors (Lipinski definition) is 5. The molecule has 0 saturated heterocycles. The number of unbranched alkanes of at least 4 members (excludes halogenated alkanes) is 32. The van der Waals surface area contributed by atoms with E-state index in [1.165, 1.54) is 173 Å². The van der Waals surface area contributed by atoms with Gasteiger partial charge in [0.25, 0.3) is 0 Å². The third-order valence-corrected chi connectivity index (χ3v) is 12.5. The Morgan fingerprint density at radius 1 is 0.348 bits per heavy atom. The Morgan fingerprint density at radius 2 is 0.682 bits per heavy atom. The largest absolute Gasteiger partial charge is 0.462 e. The van der Waals surface area contributed by atoms with Crippen molar-refractivity contribution in [2.45, 2.75) is 297 Å². The maximum Gasteiger partial charge on any atom is 0.306 e. The van der Waals surface area contributed by atoms with Crippen LogP contribution in [0.2, 0.25) is 0 Å². The van der Waals surface area contributed by atoms with Crippen molar-refractivity contribution >= 4 is 11.9 Å². The average Bonchev–Trinajstić information content (AvgIpc) is 3.32. The lowest BCUT2D eigenvalue weighted by molar-refractivity contribution is -0.163. The highest BCUT2D eigenvalue weighted by Crippen LogP contribution is 2.16. The summed E-state index contributed by atoms with van der Waals surface area (Å²) in [4.78, 5) is 25.5. The van der Waals surface area contributed by atoms with Crippen molar-refractivity contribution in [3.63, 3.8) is 0 Å². The van der Waals surface area contributed by atoms with E-state index in [-0.39, 0.29) is 25.2 Å². The molecule has 0 radical (unpaired) electrons. The Bertz CT molecular complexity index is 1130. The van der Waals surface area contributed by atoms with Crippen LogP contribution < -0.4 is 0 Å². The smallest absolute Gasteiger partial charge is 0.306 e. The number of carbonyl (C=O) groups excluding carboxylic acids is 2. The van der Waals surface area contributed by atoms with E-state index in [0.717, 1.165) is 83.5 Å². The SMILES string of the molecule is CC/C=C\C/C=C\C/C=C\C/C=C\CCCCCCC(=O)OC(COCCCCCCCCCCCCCCCC)COC(=O)CCCCCCCCCCC/C=C\CCCCCCCC. The molecule has 0 aliphatic heterocycles. The monoisotopic (exact) mass is 923 g/mol. The molecule has 5 heteroatoms. The van der Waals surface area contributed by atoms with Gasteiger partial charge in [0.05, 0.1) is 6.61 Å². The summed E-state index contributed by atoms with van der Waals surface area (Å²) in [7, 11) is 0. The molecule has 0 bridgehead atoms. The molecule has 0 heterocycles. The zero-order valence-electron chi connectivity index (χ0n) is 44.2. The van der Waals surface area contributed by atoms with E-state index in [1.54, 1.807) is 0 Å². The van der Waals surface area contributed by atoms with Crippen molar-refractivity contribution in [3.05, 3.63) is 60.8 Å². The molecule has 0 saturated carbocycles. The van der Waals surface area contributed by atoms with E-state index in [0.29, 0.717) is 19.4 Å². The van der Waals surface area contributed by atoms with E-state index >= 15 is 0 Å². The zero-order chi connectivity index (χ0) is 47.7.